The second kappa shape index (κ2) is 5.21. The van der Waals surface area contributed by atoms with Gasteiger partial charge < -0.3 is 15.4 Å². The summed E-state index contributed by atoms with van der Waals surface area (Å²) in [6.45, 7) is 6.30. The molecule has 0 fully saturated rings. The number of hydrogen-bond acceptors (Lipinski definition) is 3. The molecule has 0 radical (unpaired) electrons. The quantitative estimate of drug-likeness (QED) is 0.851. The lowest BCUT2D eigenvalue weighted by atomic mass is 10.0. The van der Waals surface area contributed by atoms with Crippen LogP contribution >= 0.6 is 0 Å². The summed E-state index contributed by atoms with van der Waals surface area (Å²) in [5, 5.41) is 0. The van der Waals surface area contributed by atoms with Crippen molar-refractivity contribution < 1.29 is 4.74 Å². The van der Waals surface area contributed by atoms with Gasteiger partial charge >= 0.3 is 0 Å². The fraction of sp³-hybridized carbons (Fsp3) is 0.538. The van der Waals surface area contributed by atoms with Crippen LogP contribution in [-0.4, -0.2) is 20.2 Å². The molecule has 3 heteroatoms. The van der Waals surface area contributed by atoms with Crippen molar-refractivity contribution in [1.29, 1.82) is 0 Å². The normalized spacial score (nSPS) is 12.7. The second-order valence-corrected chi connectivity index (χ2v) is 4.39. The molecular weight excluding hydrogens is 200 g/mol. The molecule has 0 amide bonds. The molecule has 1 rings (SSSR count). The third kappa shape index (κ3) is 2.47. The first kappa shape index (κ1) is 12.8. The molecule has 0 saturated carbocycles. The van der Waals surface area contributed by atoms with Gasteiger partial charge in [0.05, 0.1) is 7.11 Å². The van der Waals surface area contributed by atoms with E-state index in [0.717, 1.165) is 17.0 Å². The fourth-order valence-corrected chi connectivity index (χ4v) is 1.75. The molecule has 1 aromatic carbocycles. The molecule has 0 unspecified atom stereocenters. The van der Waals surface area contributed by atoms with Gasteiger partial charge in [0.2, 0.25) is 0 Å². The maximum absolute atomic E-state index is 6.02. The monoisotopic (exact) mass is 222 g/mol. The summed E-state index contributed by atoms with van der Waals surface area (Å²) >= 11 is 0. The Balaban J connectivity index is 3.27. The minimum atomic E-state index is -0.0349. The summed E-state index contributed by atoms with van der Waals surface area (Å²) in [5.74, 6) is 0.861. The lowest BCUT2D eigenvalue weighted by Crippen LogP contribution is -2.27. The van der Waals surface area contributed by atoms with Crippen molar-refractivity contribution in [3.63, 3.8) is 0 Å². The van der Waals surface area contributed by atoms with Crippen molar-refractivity contribution in [2.75, 3.05) is 19.1 Å². The first-order valence-corrected chi connectivity index (χ1v) is 5.64. The molecule has 0 bridgehead atoms. The van der Waals surface area contributed by atoms with Crippen molar-refractivity contribution in [2.45, 2.75) is 32.9 Å². The van der Waals surface area contributed by atoms with Gasteiger partial charge in [0, 0.05) is 30.4 Å². The highest BCUT2D eigenvalue weighted by atomic mass is 16.5. The molecule has 0 aliphatic heterocycles. The predicted molar refractivity (Wildman–Crippen MR) is 69.1 cm³/mol. The number of hydrogen-bond donors (Lipinski definition) is 1. The number of rotatable bonds is 4. The van der Waals surface area contributed by atoms with Crippen LogP contribution in [0.3, 0.4) is 0 Å². The molecular formula is C13H22N2O. The molecule has 3 nitrogen and oxygen atoms in total. The number of nitrogens with zero attached hydrogens (tertiary/aromatic N) is 1. The van der Waals surface area contributed by atoms with Crippen molar-refractivity contribution >= 4 is 5.69 Å². The van der Waals surface area contributed by atoms with Gasteiger partial charge in [0.1, 0.15) is 5.75 Å². The van der Waals surface area contributed by atoms with E-state index in [0.29, 0.717) is 6.04 Å². The molecule has 0 spiro atoms. The fourth-order valence-electron chi connectivity index (χ4n) is 1.75. The highest BCUT2D eigenvalue weighted by Gasteiger charge is 2.16. The third-order valence-electron chi connectivity index (χ3n) is 2.87. The number of anilines is 1. The van der Waals surface area contributed by atoms with Crippen molar-refractivity contribution in [2.24, 2.45) is 5.73 Å². The first-order chi connectivity index (χ1) is 7.49. The molecule has 1 atom stereocenters. The van der Waals surface area contributed by atoms with Crippen LogP contribution in [0.15, 0.2) is 18.2 Å². The minimum absolute atomic E-state index is 0.0349. The van der Waals surface area contributed by atoms with Crippen LogP contribution < -0.4 is 15.4 Å². The van der Waals surface area contributed by atoms with Gasteiger partial charge in [-0.15, -0.1) is 0 Å². The summed E-state index contributed by atoms with van der Waals surface area (Å²) in [4.78, 5) is 2.21. The molecule has 0 heterocycles. The predicted octanol–water partition coefficient (Wildman–Crippen LogP) is 2.56. The molecule has 0 aliphatic carbocycles. The average Bonchev–Trinajstić information content (AvgIpc) is 2.26. The van der Waals surface area contributed by atoms with Crippen LogP contribution in [-0.2, 0) is 0 Å². The van der Waals surface area contributed by atoms with Gasteiger partial charge in [0.25, 0.3) is 0 Å². The van der Waals surface area contributed by atoms with Crippen molar-refractivity contribution in [1.82, 2.24) is 0 Å². The van der Waals surface area contributed by atoms with Crippen molar-refractivity contribution in [3.8, 4) is 5.75 Å². The molecule has 90 valence electrons. The van der Waals surface area contributed by atoms with Gasteiger partial charge in [0.15, 0.2) is 0 Å². The molecule has 1 aromatic rings. The largest absolute Gasteiger partial charge is 0.496 e. The smallest absolute Gasteiger partial charge is 0.125 e. The summed E-state index contributed by atoms with van der Waals surface area (Å²) < 4.78 is 5.37. The first-order valence-electron chi connectivity index (χ1n) is 5.64. The van der Waals surface area contributed by atoms with E-state index in [9.17, 15) is 0 Å². The van der Waals surface area contributed by atoms with Gasteiger partial charge in [-0.25, -0.2) is 0 Å². The van der Waals surface area contributed by atoms with E-state index in [-0.39, 0.29) is 6.04 Å². The Hall–Kier alpha value is -1.22. The van der Waals surface area contributed by atoms with Gasteiger partial charge in [-0.05, 0) is 32.9 Å². The van der Waals surface area contributed by atoms with Crippen LogP contribution in [0, 0.1) is 0 Å². The van der Waals surface area contributed by atoms with Crippen LogP contribution in [0.25, 0.3) is 0 Å². The Morgan fingerprint density at radius 1 is 1.25 bits per heavy atom. The zero-order valence-electron chi connectivity index (χ0n) is 10.8. The van der Waals surface area contributed by atoms with Crippen LogP contribution in [0.4, 0.5) is 5.69 Å². The van der Waals surface area contributed by atoms with Crippen LogP contribution in [0.2, 0.25) is 0 Å². The summed E-state index contributed by atoms with van der Waals surface area (Å²) in [5.41, 5.74) is 8.24. The Bertz CT molecular complexity index is 348. The van der Waals surface area contributed by atoms with E-state index in [2.05, 4.69) is 31.9 Å². The van der Waals surface area contributed by atoms with E-state index in [4.69, 9.17) is 10.5 Å². The standard InChI is InChI=1S/C13H22N2O/c1-9(2)15(4)11-7-6-8-12(16-5)13(11)10(3)14/h6-10H,14H2,1-5H3/t10-/m1/s1. The summed E-state index contributed by atoms with van der Waals surface area (Å²) in [6, 6.07) is 6.44. The Labute approximate surface area is 98.2 Å². The zero-order valence-corrected chi connectivity index (χ0v) is 10.8. The van der Waals surface area contributed by atoms with E-state index in [1.807, 2.05) is 19.1 Å². The van der Waals surface area contributed by atoms with Gasteiger partial charge in [-0.1, -0.05) is 6.07 Å². The van der Waals surface area contributed by atoms with Crippen molar-refractivity contribution in [3.05, 3.63) is 23.8 Å². The van der Waals surface area contributed by atoms with Crippen LogP contribution in [0.1, 0.15) is 32.4 Å². The van der Waals surface area contributed by atoms with E-state index in [1.54, 1.807) is 7.11 Å². The van der Waals surface area contributed by atoms with Gasteiger partial charge in [-0.3, -0.25) is 0 Å². The Kier molecular flexibility index (Phi) is 4.19. The summed E-state index contributed by atoms with van der Waals surface area (Å²) in [7, 11) is 3.76. The zero-order chi connectivity index (χ0) is 12.3. The molecule has 0 aliphatic rings. The lowest BCUT2D eigenvalue weighted by molar-refractivity contribution is 0.407. The number of benzene rings is 1. The minimum Gasteiger partial charge on any atom is -0.496 e. The highest BCUT2D eigenvalue weighted by Crippen LogP contribution is 2.33. The topological polar surface area (TPSA) is 38.5 Å². The Morgan fingerprint density at radius 3 is 2.31 bits per heavy atom. The third-order valence-corrected chi connectivity index (χ3v) is 2.87. The van der Waals surface area contributed by atoms with Crippen LogP contribution in [0.5, 0.6) is 5.75 Å². The molecule has 2 N–H and O–H groups in total. The maximum Gasteiger partial charge on any atom is 0.125 e. The number of methoxy groups -OCH3 is 1. The second-order valence-electron chi connectivity index (χ2n) is 4.39. The van der Waals surface area contributed by atoms with E-state index < -0.39 is 0 Å². The van der Waals surface area contributed by atoms with Gasteiger partial charge in [-0.2, -0.15) is 0 Å². The molecule has 0 aromatic heterocycles. The number of ether oxygens (including phenoxy) is 1. The maximum atomic E-state index is 6.02. The molecule has 0 saturated heterocycles. The Morgan fingerprint density at radius 2 is 1.88 bits per heavy atom. The lowest BCUT2D eigenvalue weighted by Gasteiger charge is -2.28. The highest BCUT2D eigenvalue weighted by molar-refractivity contribution is 5.60. The number of nitrogens with two attached hydrogens (primary N) is 1. The molecule has 16 heavy (non-hydrogen) atoms. The van der Waals surface area contributed by atoms with E-state index >= 15 is 0 Å². The van der Waals surface area contributed by atoms with E-state index in [1.165, 1.54) is 0 Å². The summed E-state index contributed by atoms with van der Waals surface area (Å²) in [6.07, 6.45) is 0. The SMILES string of the molecule is COc1cccc(N(C)C(C)C)c1[C@@H](C)N. The average molecular weight is 222 g/mol.